The highest BCUT2D eigenvalue weighted by atomic mass is 127. The molecule has 1 unspecified atom stereocenters. The highest BCUT2D eigenvalue weighted by Crippen LogP contribution is 2.54. The van der Waals surface area contributed by atoms with Gasteiger partial charge in [-0.15, -0.1) is 0 Å². The van der Waals surface area contributed by atoms with Crippen LogP contribution in [0.15, 0.2) is 0 Å². The van der Waals surface area contributed by atoms with Crippen molar-refractivity contribution in [3.8, 4) is 0 Å². The third-order valence-corrected chi connectivity index (χ3v) is 6.88. The molecule has 0 amide bonds. The molecule has 20 heavy (non-hydrogen) atoms. The van der Waals surface area contributed by atoms with E-state index in [1.54, 1.807) is 0 Å². The molecule has 4 aliphatic rings. The maximum absolute atomic E-state index is 11.9. The van der Waals surface area contributed by atoms with Gasteiger partial charge in [-0.2, -0.15) is 0 Å². The van der Waals surface area contributed by atoms with Gasteiger partial charge in [0.05, 0.1) is 6.10 Å². The summed E-state index contributed by atoms with van der Waals surface area (Å²) in [7, 11) is 0. The topological polar surface area (TPSA) is 35.5 Å². The van der Waals surface area contributed by atoms with Crippen LogP contribution < -0.4 is 0 Å². The molecule has 0 N–H and O–H groups in total. The van der Waals surface area contributed by atoms with Crippen LogP contribution in [0.1, 0.15) is 52.4 Å². The van der Waals surface area contributed by atoms with Gasteiger partial charge < -0.3 is 9.47 Å². The predicted molar refractivity (Wildman–Crippen MR) is 85.6 cm³/mol. The van der Waals surface area contributed by atoms with Gasteiger partial charge >= 0.3 is 5.97 Å². The summed E-state index contributed by atoms with van der Waals surface area (Å²) in [6.45, 7) is 4.07. The molecule has 4 bridgehead atoms. The van der Waals surface area contributed by atoms with E-state index in [9.17, 15) is 4.79 Å². The smallest absolute Gasteiger partial charge is 0.323 e. The standard InChI is InChI=1S/C16H25IO3/c1-3-16(2,17)15(18)20-9-19-14-12-5-10-4-11(7-12)8-13(14)6-10/h10-14H,3-9H2,1-2H3. The van der Waals surface area contributed by atoms with Crippen LogP contribution in [0.2, 0.25) is 0 Å². The monoisotopic (exact) mass is 392 g/mol. The summed E-state index contributed by atoms with van der Waals surface area (Å²) in [5.74, 6) is 3.21. The van der Waals surface area contributed by atoms with Gasteiger partial charge in [0.1, 0.15) is 3.42 Å². The van der Waals surface area contributed by atoms with Crippen molar-refractivity contribution in [1.29, 1.82) is 0 Å². The summed E-state index contributed by atoms with van der Waals surface area (Å²) >= 11 is 2.16. The molecular formula is C16H25IO3. The van der Waals surface area contributed by atoms with Crippen LogP contribution >= 0.6 is 22.6 Å². The van der Waals surface area contributed by atoms with Crippen LogP contribution in [-0.4, -0.2) is 22.3 Å². The Hall–Kier alpha value is 0.160. The summed E-state index contributed by atoms with van der Waals surface area (Å²) in [6.07, 6.45) is 7.94. The van der Waals surface area contributed by atoms with E-state index in [2.05, 4.69) is 22.6 Å². The number of halogens is 1. The Bertz CT molecular complexity index is 352. The van der Waals surface area contributed by atoms with Crippen LogP contribution in [0.5, 0.6) is 0 Å². The average molecular weight is 392 g/mol. The highest BCUT2D eigenvalue weighted by Gasteiger charge is 2.48. The van der Waals surface area contributed by atoms with Crippen molar-refractivity contribution in [3.63, 3.8) is 0 Å². The number of esters is 1. The van der Waals surface area contributed by atoms with Crippen LogP contribution in [-0.2, 0) is 14.3 Å². The third-order valence-electron chi connectivity index (χ3n) is 5.68. The minimum Gasteiger partial charge on any atom is -0.437 e. The first-order valence-corrected chi connectivity index (χ1v) is 9.05. The predicted octanol–water partition coefficient (Wildman–Crippen LogP) is 3.93. The Labute approximate surface area is 135 Å². The van der Waals surface area contributed by atoms with Crippen molar-refractivity contribution in [2.45, 2.75) is 61.9 Å². The van der Waals surface area contributed by atoms with Crippen molar-refractivity contribution >= 4 is 28.6 Å². The molecule has 4 aliphatic carbocycles. The fourth-order valence-electron chi connectivity index (χ4n) is 4.61. The molecule has 0 heterocycles. The Balaban J connectivity index is 1.49. The maximum atomic E-state index is 11.9. The van der Waals surface area contributed by atoms with Gasteiger partial charge in [0.15, 0.2) is 6.79 Å². The molecule has 4 saturated carbocycles. The van der Waals surface area contributed by atoms with E-state index in [0.717, 1.165) is 30.1 Å². The molecule has 0 aliphatic heterocycles. The maximum Gasteiger partial charge on any atom is 0.323 e. The van der Waals surface area contributed by atoms with Crippen LogP contribution in [0, 0.1) is 23.7 Å². The first-order chi connectivity index (χ1) is 9.49. The molecule has 4 rings (SSSR count). The fourth-order valence-corrected chi connectivity index (χ4v) is 4.76. The number of alkyl halides is 1. The molecule has 0 aromatic rings. The highest BCUT2D eigenvalue weighted by molar-refractivity contribution is 14.1. The summed E-state index contributed by atoms with van der Waals surface area (Å²) in [4.78, 5) is 11.9. The number of carbonyl (C=O) groups excluding carboxylic acids is 1. The van der Waals surface area contributed by atoms with Gasteiger partial charge in [-0.25, -0.2) is 0 Å². The number of rotatable bonds is 5. The third kappa shape index (κ3) is 2.87. The zero-order chi connectivity index (χ0) is 14.3. The first-order valence-electron chi connectivity index (χ1n) is 7.97. The largest absolute Gasteiger partial charge is 0.437 e. The van der Waals surface area contributed by atoms with Crippen molar-refractivity contribution in [3.05, 3.63) is 0 Å². The number of carbonyl (C=O) groups is 1. The second-order valence-electron chi connectivity index (χ2n) is 7.16. The van der Waals surface area contributed by atoms with Crippen molar-refractivity contribution in [1.82, 2.24) is 0 Å². The van der Waals surface area contributed by atoms with Gasteiger partial charge in [-0.3, -0.25) is 4.79 Å². The van der Waals surface area contributed by atoms with E-state index in [4.69, 9.17) is 9.47 Å². The Kier molecular flexibility index (Phi) is 4.33. The van der Waals surface area contributed by atoms with E-state index >= 15 is 0 Å². The number of ether oxygens (including phenoxy) is 2. The quantitative estimate of drug-likeness (QED) is 0.308. The van der Waals surface area contributed by atoms with Gasteiger partial charge in [0.25, 0.3) is 0 Å². The van der Waals surface area contributed by atoms with E-state index in [0.29, 0.717) is 6.10 Å². The minimum absolute atomic E-state index is 0.143. The first kappa shape index (κ1) is 15.1. The molecule has 0 radical (unpaired) electrons. The van der Waals surface area contributed by atoms with Crippen molar-refractivity contribution in [2.24, 2.45) is 23.7 Å². The lowest BCUT2D eigenvalue weighted by molar-refractivity contribution is -0.187. The second-order valence-corrected chi connectivity index (χ2v) is 9.54. The van der Waals surface area contributed by atoms with Crippen LogP contribution in [0.4, 0.5) is 0 Å². The molecule has 0 spiro atoms. The molecular weight excluding hydrogens is 367 g/mol. The van der Waals surface area contributed by atoms with Crippen LogP contribution in [0.3, 0.4) is 0 Å². The Morgan fingerprint density at radius 3 is 2.20 bits per heavy atom. The van der Waals surface area contributed by atoms with Gasteiger partial charge in [-0.05, 0) is 69.1 Å². The summed E-state index contributed by atoms with van der Waals surface area (Å²) in [6, 6.07) is 0. The zero-order valence-electron chi connectivity index (χ0n) is 12.4. The van der Waals surface area contributed by atoms with Gasteiger partial charge in [0, 0.05) is 0 Å². The second kappa shape index (κ2) is 5.75. The van der Waals surface area contributed by atoms with Gasteiger partial charge in [-0.1, -0.05) is 29.5 Å². The normalized spacial score (nSPS) is 41.5. The molecule has 0 aromatic heterocycles. The Morgan fingerprint density at radius 2 is 1.70 bits per heavy atom. The summed E-state index contributed by atoms with van der Waals surface area (Å²) < 4.78 is 10.9. The zero-order valence-corrected chi connectivity index (χ0v) is 14.6. The lowest BCUT2D eigenvalue weighted by Crippen LogP contribution is -2.49. The molecule has 3 nitrogen and oxygen atoms in total. The molecule has 0 aromatic carbocycles. The summed E-state index contributed by atoms with van der Waals surface area (Å²) in [5, 5.41) is 0. The molecule has 0 saturated heterocycles. The summed E-state index contributed by atoms with van der Waals surface area (Å²) in [5.41, 5.74) is 0. The lowest BCUT2D eigenvalue weighted by Gasteiger charge is -2.53. The van der Waals surface area contributed by atoms with Gasteiger partial charge in [0.2, 0.25) is 0 Å². The number of hydrogen-bond donors (Lipinski definition) is 0. The fraction of sp³-hybridized carbons (Fsp3) is 0.938. The number of hydrogen-bond acceptors (Lipinski definition) is 3. The van der Waals surface area contributed by atoms with E-state index < -0.39 is 3.42 Å². The SMILES string of the molecule is CCC(C)(I)C(=O)OCOC1C2CC3CC(C2)CC1C3. The Morgan fingerprint density at radius 1 is 1.15 bits per heavy atom. The molecule has 114 valence electrons. The molecule has 4 heteroatoms. The van der Waals surface area contributed by atoms with Crippen LogP contribution in [0.25, 0.3) is 0 Å². The van der Waals surface area contributed by atoms with E-state index in [-0.39, 0.29) is 12.8 Å². The van der Waals surface area contributed by atoms with Crippen molar-refractivity contribution < 1.29 is 14.3 Å². The average Bonchev–Trinajstić information content (AvgIpc) is 2.40. The lowest BCUT2D eigenvalue weighted by atomic mass is 9.55. The minimum atomic E-state index is -0.425. The molecule has 1 atom stereocenters. The van der Waals surface area contributed by atoms with Crippen molar-refractivity contribution in [2.75, 3.05) is 6.79 Å². The molecule has 4 fully saturated rings. The van der Waals surface area contributed by atoms with E-state index in [1.165, 1.54) is 32.1 Å². The van der Waals surface area contributed by atoms with E-state index in [1.807, 2.05) is 13.8 Å².